The molecule has 0 fully saturated rings. The van der Waals surface area contributed by atoms with E-state index in [4.69, 9.17) is 0 Å². The lowest BCUT2D eigenvalue weighted by molar-refractivity contribution is 0.544. The molecule has 1 rings (SSSR count). The van der Waals surface area contributed by atoms with Gasteiger partial charge in [-0.15, -0.1) is 11.3 Å². The molecule has 0 aromatic carbocycles. The summed E-state index contributed by atoms with van der Waals surface area (Å²) in [6.07, 6.45) is 3.38. The van der Waals surface area contributed by atoms with Crippen LogP contribution in [-0.2, 0) is 6.54 Å². The van der Waals surface area contributed by atoms with Crippen molar-refractivity contribution in [3.8, 4) is 0 Å². The average molecular weight is 215 g/mol. The minimum absolute atomic E-state index is 0.664. The Labute approximate surface area is 88.9 Å². The van der Waals surface area contributed by atoms with Gasteiger partial charge in [-0.25, -0.2) is 0 Å². The van der Waals surface area contributed by atoms with Gasteiger partial charge in [-0.1, -0.05) is 13.0 Å². The molecular formula is C10H17NS2. The van der Waals surface area contributed by atoms with E-state index in [-0.39, 0.29) is 0 Å². The highest BCUT2D eigenvalue weighted by Gasteiger charge is 2.03. The molecule has 0 amide bonds. The minimum Gasteiger partial charge on any atom is -0.308 e. The summed E-state index contributed by atoms with van der Waals surface area (Å²) in [4.78, 5) is 1.43. The van der Waals surface area contributed by atoms with Crippen molar-refractivity contribution < 1.29 is 0 Å². The zero-order chi connectivity index (χ0) is 9.52. The quantitative estimate of drug-likeness (QED) is 0.783. The third kappa shape index (κ3) is 4.16. The van der Waals surface area contributed by atoms with E-state index < -0.39 is 0 Å². The number of nitrogens with one attached hydrogen (secondary N) is 1. The van der Waals surface area contributed by atoms with Gasteiger partial charge in [0, 0.05) is 23.2 Å². The fraction of sp³-hybridized carbons (Fsp3) is 0.600. The molecule has 0 aliphatic carbocycles. The SMILES string of the molecule is CCC(CSC)NCc1cccs1. The van der Waals surface area contributed by atoms with Gasteiger partial charge in [0.1, 0.15) is 0 Å². The van der Waals surface area contributed by atoms with E-state index in [2.05, 4.69) is 36.0 Å². The molecular weight excluding hydrogens is 198 g/mol. The Kier molecular flexibility index (Phi) is 5.51. The van der Waals surface area contributed by atoms with Gasteiger partial charge in [-0.05, 0) is 24.1 Å². The maximum absolute atomic E-state index is 3.56. The first-order chi connectivity index (χ1) is 6.36. The fourth-order valence-corrected chi connectivity index (χ4v) is 2.59. The lowest BCUT2D eigenvalue weighted by Crippen LogP contribution is -2.29. The molecule has 0 spiro atoms. The van der Waals surface area contributed by atoms with Crippen LogP contribution in [0.5, 0.6) is 0 Å². The van der Waals surface area contributed by atoms with Crippen LogP contribution in [0.15, 0.2) is 17.5 Å². The van der Waals surface area contributed by atoms with Gasteiger partial charge < -0.3 is 5.32 Å². The lowest BCUT2D eigenvalue weighted by atomic mass is 10.2. The van der Waals surface area contributed by atoms with Crippen molar-refractivity contribution in [2.45, 2.75) is 25.9 Å². The van der Waals surface area contributed by atoms with Crippen molar-refractivity contribution in [3.63, 3.8) is 0 Å². The van der Waals surface area contributed by atoms with Gasteiger partial charge >= 0.3 is 0 Å². The molecule has 1 nitrogen and oxygen atoms in total. The standard InChI is InChI=1S/C10H17NS2/c1-3-9(8-12-2)11-7-10-5-4-6-13-10/h4-6,9,11H,3,7-8H2,1-2H3. The van der Waals surface area contributed by atoms with Crippen LogP contribution in [-0.4, -0.2) is 18.1 Å². The summed E-state index contributed by atoms with van der Waals surface area (Å²) in [6.45, 7) is 3.26. The second kappa shape index (κ2) is 6.46. The molecule has 1 atom stereocenters. The van der Waals surface area contributed by atoms with Crippen molar-refractivity contribution in [3.05, 3.63) is 22.4 Å². The zero-order valence-corrected chi connectivity index (χ0v) is 9.88. The molecule has 1 aromatic heterocycles. The van der Waals surface area contributed by atoms with Gasteiger partial charge in [-0.3, -0.25) is 0 Å². The Balaban J connectivity index is 2.23. The van der Waals surface area contributed by atoms with Crippen LogP contribution in [0.25, 0.3) is 0 Å². The molecule has 0 bridgehead atoms. The molecule has 74 valence electrons. The summed E-state index contributed by atoms with van der Waals surface area (Å²) in [5.41, 5.74) is 0. The second-order valence-electron chi connectivity index (χ2n) is 3.02. The molecule has 0 saturated heterocycles. The van der Waals surface area contributed by atoms with Gasteiger partial charge in [0.2, 0.25) is 0 Å². The highest BCUT2D eigenvalue weighted by molar-refractivity contribution is 7.98. The minimum atomic E-state index is 0.664. The Morgan fingerprint density at radius 1 is 1.62 bits per heavy atom. The first kappa shape index (κ1) is 11.1. The van der Waals surface area contributed by atoms with E-state index >= 15 is 0 Å². The predicted octanol–water partition coefficient (Wildman–Crippen LogP) is 2.98. The number of rotatable bonds is 6. The van der Waals surface area contributed by atoms with Crippen LogP contribution in [0, 0.1) is 0 Å². The topological polar surface area (TPSA) is 12.0 Å². The molecule has 1 aromatic rings. The van der Waals surface area contributed by atoms with Gasteiger partial charge in [-0.2, -0.15) is 11.8 Å². The number of thiophene rings is 1. The molecule has 0 aliphatic heterocycles. The van der Waals surface area contributed by atoms with E-state index in [9.17, 15) is 0 Å². The van der Waals surface area contributed by atoms with E-state index in [1.807, 2.05) is 23.1 Å². The van der Waals surface area contributed by atoms with Crippen LogP contribution in [0.1, 0.15) is 18.2 Å². The first-order valence-corrected chi connectivity index (χ1v) is 6.88. The molecule has 1 heterocycles. The molecule has 0 radical (unpaired) electrons. The molecule has 13 heavy (non-hydrogen) atoms. The summed E-state index contributed by atoms with van der Waals surface area (Å²) >= 11 is 3.74. The van der Waals surface area contributed by atoms with Crippen molar-refractivity contribution in [1.82, 2.24) is 5.32 Å². The first-order valence-electron chi connectivity index (χ1n) is 4.61. The van der Waals surface area contributed by atoms with Crippen LogP contribution >= 0.6 is 23.1 Å². The lowest BCUT2D eigenvalue weighted by Gasteiger charge is -2.14. The molecule has 0 aliphatic rings. The fourth-order valence-electron chi connectivity index (χ4n) is 1.18. The van der Waals surface area contributed by atoms with Crippen LogP contribution in [0.3, 0.4) is 0 Å². The molecule has 0 saturated carbocycles. The normalized spacial score (nSPS) is 13.1. The van der Waals surface area contributed by atoms with Crippen molar-refractivity contribution >= 4 is 23.1 Å². The summed E-state index contributed by atoms with van der Waals surface area (Å²) in [5, 5.41) is 5.69. The second-order valence-corrected chi connectivity index (χ2v) is 4.96. The van der Waals surface area contributed by atoms with Crippen LogP contribution in [0.2, 0.25) is 0 Å². The van der Waals surface area contributed by atoms with E-state index in [0.29, 0.717) is 6.04 Å². The Morgan fingerprint density at radius 2 is 2.46 bits per heavy atom. The van der Waals surface area contributed by atoms with Crippen LogP contribution < -0.4 is 5.32 Å². The van der Waals surface area contributed by atoms with Crippen LogP contribution in [0.4, 0.5) is 0 Å². The third-order valence-corrected chi connectivity index (χ3v) is 3.62. The predicted molar refractivity (Wildman–Crippen MR) is 63.6 cm³/mol. The van der Waals surface area contributed by atoms with E-state index in [0.717, 1.165) is 6.54 Å². The van der Waals surface area contributed by atoms with Crippen molar-refractivity contribution in [2.24, 2.45) is 0 Å². The maximum atomic E-state index is 3.56. The summed E-state index contributed by atoms with van der Waals surface area (Å²) in [7, 11) is 0. The third-order valence-electron chi connectivity index (χ3n) is 2.01. The monoisotopic (exact) mass is 215 g/mol. The highest BCUT2D eigenvalue weighted by Crippen LogP contribution is 2.09. The van der Waals surface area contributed by atoms with Gasteiger partial charge in [0.05, 0.1) is 0 Å². The zero-order valence-electron chi connectivity index (χ0n) is 8.25. The summed E-state index contributed by atoms with van der Waals surface area (Å²) in [6, 6.07) is 4.96. The highest BCUT2D eigenvalue weighted by atomic mass is 32.2. The van der Waals surface area contributed by atoms with E-state index in [1.165, 1.54) is 17.1 Å². The Hall–Kier alpha value is 0.01000. The molecule has 1 N–H and O–H groups in total. The van der Waals surface area contributed by atoms with Gasteiger partial charge in [0.15, 0.2) is 0 Å². The molecule has 1 unspecified atom stereocenters. The van der Waals surface area contributed by atoms with E-state index in [1.54, 1.807) is 0 Å². The Morgan fingerprint density at radius 3 is 3.00 bits per heavy atom. The smallest absolute Gasteiger partial charge is 0.0302 e. The number of hydrogen-bond donors (Lipinski definition) is 1. The maximum Gasteiger partial charge on any atom is 0.0302 e. The van der Waals surface area contributed by atoms with Gasteiger partial charge in [0.25, 0.3) is 0 Å². The summed E-state index contributed by atoms with van der Waals surface area (Å²) < 4.78 is 0. The number of thioether (sulfide) groups is 1. The number of hydrogen-bond acceptors (Lipinski definition) is 3. The molecule has 3 heteroatoms. The average Bonchev–Trinajstić information content (AvgIpc) is 2.64. The Bertz CT molecular complexity index is 209. The van der Waals surface area contributed by atoms with Crippen molar-refractivity contribution in [2.75, 3.05) is 12.0 Å². The van der Waals surface area contributed by atoms with Crippen molar-refractivity contribution in [1.29, 1.82) is 0 Å². The largest absolute Gasteiger partial charge is 0.308 e. The summed E-state index contributed by atoms with van der Waals surface area (Å²) in [5.74, 6) is 1.21.